The number of hydrogen-bond donors (Lipinski definition) is 3. The van der Waals surface area contributed by atoms with E-state index in [9.17, 15) is 9.90 Å². The van der Waals surface area contributed by atoms with Gasteiger partial charge < -0.3 is 10.4 Å². The van der Waals surface area contributed by atoms with Crippen molar-refractivity contribution in [1.29, 1.82) is 0 Å². The molecule has 1 aromatic rings. The van der Waals surface area contributed by atoms with Crippen LogP contribution in [0.3, 0.4) is 0 Å². The van der Waals surface area contributed by atoms with E-state index in [-0.39, 0.29) is 61.9 Å². The van der Waals surface area contributed by atoms with Crippen LogP contribution < -0.4 is 5.32 Å². The Morgan fingerprint density at radius 1 is 1.59 bits per heavy atom. The van der Waals surface area contributed by atoms with Crippen LogP contribution in [0.2, 0.25) is 0 Å². The summed E-state index contributed by atoms with van der Waals surface area (Å²) in [5.74, 6) is 0.682. The Labute approximate surface area is 137 Å². The van der Waals surface area contributed by atoms with Gasteiger partial charge in [-0.2, -0.15) is 5.10 Å². The van der Waals surface area contributed by atoms with Crippen molar-refractivity contribution in [2.75, 3.05) is 0 Å². The van der Waals surface area contributed by atoms with Gasteiger partial charge in [-0.25, -0.2) is 4.98 Å². The van der Waals surface area contributed by atoms with Gasteiger partial charge in [0.15, 0.2) is 0 Å². The number of carbonyl (C=O) groups excluding carboxylic acids is 1. The fourth-order valence-corrected chi connectivity index (χ4v) is 1.55. The molecule has 0 aliphatic heterocycles. The first kappa shape index (κ1) is 17.0. The van der Waals surface area contributed by atoms with Crippen molar-refractivity contribution in [2.45, 2.75) is 45.3 Å². The number of aromatic nitrogens is 3. The van der Waals surface area contributed by atoms with Crippen LogP contribution in [0.1, 0.15) is 38.9 Å². The van der Waals surface area contributed by atoms with Crippen molar-refractivity contribution < 1.29 is 54.0 Å². The minimum atomic E-state index is -0.594. The molecule has 7 heteroatoms. The zero-order valence-electron chi connectivity index (χ0n) is 10.3. The van der Waals surface area contributed by atoms with Crippen LogP contribution >= 0.6 is 0 Å². The van der Waals surface area contributed by atoms with Gasteiger partial charge in [0, 0.05) is 56.9 Å². The second-order valence-electron chi connectivity index (χ2n) is 4.06. The summed E-state index contributed by atoms with van der Waals surface area (Å²) < 4.78 is 0. The zero-order chi connectivity index (χ0) is 12.1. The van der Waals surface area contributed by atoms with Crippen LogP contribution in [0.5, 0.6) is 0 Å². The molecule has 1 heterocycles. The first-order chi connectivity index (χ1) is 7.50. The van der Waals surface area contributed by atoms with Crippen molar-refractivity contribution in [3.05, 3.63) is 12.2 Å². The molecule has 0 fully saturated rings. The summed E-state index contributed by atoms with van der Waals surface area (Å²) in [7, 11) is 0. The summed E-state index contributed by atoms with van der Waals surface area (Å²) in [5, 5.41) is 19.0. The molecule has 1 rings (SSSR count). The van der Waals surface area contributed by atoms with Gasteiger partial charge in [-0.3, -0.25) is 9.89 Å². The van der Waals surface area contributed by atoms with E-state index in [4.69, 9.17) is 0 Å². The Balaban J connectivity index is 0.00000256. The van der Waals surface area contributed by atoms with Crippen LogP contribution in [-0.4, -0.2) is 38.3 Å². The first-order valence-electron chi connectivity index (χ1n) is 5.31. The van der Waals surface area contributed by atoms with E-state index in [2.05, 4.69) is 20.5 Å². The van der Waals surface area contributed by atoms with Gasteiger partial charge in [-0.05, 0) is 13.3 Å². The third-order valence-corrected chi connectivity index (χ3v) is 2.50. The Hall–Kier alpha value is 0.0116. The van der Waals surface area contributed by atoms with Crippen LogP contribution in [-0.2, 0) is 4.79 Å². The molecule has 0 aliphatic carbocycles. The Morgan fingerprint density at radius 2 is 2.24 bits per heavy atom. The average molecular weight is 453 g/mol. The van der Waals surface area contributed by atoms with Gasteiger partial charge >= 0.3 is 0 Å². The monoisotopic (exact) mass is 453 g/mol. The number of nitrogens with one attached hydrogen (secondary N) is 2. The number of rotatable bonds is 5. The molecule has 1 radical (unpaired) electrons. The predicted molar refractivity (Wildman–Crippen MR) is 58.7 cm³/mol. The number of H-pyrrole nitrogens is 1. The average Bonchev–Trinajstić information content (AvgIpc) is 2.68. The van der Waals surface area contributed by atoms with Crippen molar-refractivity contribution >= 4 is 5.91 Å². The first-order valence-corrected chi connectivity index (χ1v) is 5.31. The molecule has 1 aromatic heterocycles. The van der Waals surface area contributed by atoms with E-state index in [1.165, 1.54) is 13.3 Å². The second kappa shape index (κ2) is 8.17. The normalized spacial score (nSPS) is 15.5. The number of hydrogen-bond acceptors (Lipinski definition) is 4. The molecule has 0 bridgehead atoms. The molecule has 3 unspecified atom stereocenters. The van der Waals surface area contributed by atoms with Crippen molar-refractivity contribution in [3.8, 4) is 0 Å². The molecular weight excluding hydrogens is 435 g/mol. The minimum absolute atomic E-state index is 0. The summed E-state index contributed by atoms with van der Waals surface area (Å²) in [6.45, 7) is 5.16. The van der Waals surface area contributed by atoms with Crippen molar-refractivity contribution in [2.24, 2.45) is 0 Å². The molecular formula is C10H18AcN4O2. The van der Waals surface area contributed by atoms with E-state index >= 15 is 0 Å². The molecule has 1 amide bonds. The number of carbonyl (C=O) groups is 1. The third-order valence-electron chi connectivity index (χ3n) is 2.50. The molecule has 3 N–H and O–H groups in total. The predicted octanol–water partition coefficient (Wildman–Crippen LogP) is 0.184. The fourth-order valence-electron chi connectivity index (χ4n) is 1.55. The second-order valence-corrected chi connectivity index (χ2v) is 4.06. The number of aromatic amines is 1. The maximum atomic E-state index is 10.8. The van der Waals surface area contributed by atoms with Gasteiger partial charge in [0.2, 0.25) is 5.91 Å². The van der Waals surface area contributed by atoms with Crippen LogP contribution in [0.15, 0.2) is 6.33 Å². The third kappa shape index (κ3) is 5.94. The molecule has 0 aromatic carbocycles. The molecule has 17 heavy (non-hydrogen) atoms. The van der Waals surface area contributed by atoms with Crippen LogP contribution in [0.25, 0.3) is 0 Å². The molecule has 0 saturated heterocycles. The number of aliphatic hydroxyl groups is 1. The number of nitrogens with zero attached hydrogens (tertiary/aromatic N) is 2. The van der Waals surface area contributed by atoms with E-state index in [1.807, 2.05) is 6.92 Å². The number of amides is 1. The van der Waals surface area contributed by atoms with E-state index in [1.54, 1.807) is 6.92 Å². The van der Waals surface area contributed by atoms with Gasteiger partial charge in [-0.1, -0.05) is 6.92 Å². The van der Waals surface area contributed by atoms with Gasteiger partial charge in [0.05, 0.1) is 12.1 Å². The zero-order valence-corrected chi connectivity index (χ0v) is 15.1. The minimum Gasteiger partial charge on any atom is -0.391 e. The van der Waals surface area contributed by atoms with Gasteiger partial charge in [0.1, 0.15) is 12.2 Å². The maximum Gasteiger partial charge on any atom is 0.217 e. The summed E-state index contributed by atoms with van der Waals surface area (Å²) in [6, 6.07) is -0.261. The van der Waals surface area contributed by atoms with E-state index in [0.717, 1.165) is 5.82 Å². The largest absolute Gasteiger partial charge is 0.391 e. The molecule has 6 nitrogen and oxygen atoms in total. The summed E-state index contributed by atoms with van der Waals surface area (Å²) in [6.07, 6.45) is 1.37. The Morgan fingerprint density at radius 3 is 2.71 bits per heavy atom. The van der Waals surface area contributed by atoms with Crippen molar-refractivity contribution in [1.82, 2.24) is 20.5 Å². The van der Waals surface area contributed by atoms with Gasteiger partial charge in [0.25, 0.3) is 0 Å². The van der Waals surface area contributed by atoms with Crippen LogP contribution in [0.4, 0.5) is 0 Å². The molecule has 3 atom stereocenters. The van der Waals surface area contributed by atoms with E-state index in [0.29, 0.717) is 6.42 Å². The molecule has 0 saturated carbocycles. The molecule has 93 valence electrons. The van der Waals surface area contributed by atoms with Gasteiger partial charge in [-0.15, -0.1) is 0 Å². The Kier molecular flexibility index (Phi) is 8.18. The van der Waals surface area contributed by atoms with Crippen molar-refractivity contribution in [3.63, 3.8) is 0 Å². The molecule has 0 spiro atoms. The summed E-state index contributed by atoms with van der Waals surface area (Å²) >= 11 is 0. The standard InChI is InChI=1S/C10H18N4O2.Ac/c1-6(10-11-5-12-14-10)4-9(16)7(2)13-8(3)15;/h5-7,9,16H,4H2,1-3H3,(H,13,15)(H,11,12,14);. The molecule has 0 aliphatic rings. The topological polar surface area (TPSA) is 90.9 Å². The summed E-state index contributed by atoms with van der Waals surface area (Å²) in [4.78, 5) is 14.8. The van der Waals surface area contributed by atoms with Crippen LogP contribution in [0, 0.1) is 44.1 Å². The maximum absolute atomic E-state index is 10.8. The summed E-state index contributed by atoms with van der Waals surface area (Å²) in [5.41, 5.74) is 0. The smallest absolute Gasteiger partial charge is 0.217 e. The van der Waals surface area contributed by atoms with E-state index < -0.39 is 6.10 Å². The number of aliphatic hydroxyl groups excluding tert-OH is 1. The Bertz CT molecular complexity index is 331. The SMILES string of the molecule is CC(=O)NC(C)C(O)CC(C)c1ncn[nH]1.[Ac]. The quantitative estimate of drug-likeness (QED) is 0.594. The fraction of sp³-hybridized carbons (Fsp3) is 0.700.